The predicted molar refractivity (Wildman–Crippen MR) is 121 cm³/mol. The molecule has 0 bridgehead atoms. The van der Waals surface area contributed by atoms with Gasteiger partial charge in [-0.2, -0.15) is 5.26 Å². The van der Waals surface area contributed by atoms with Gasteiger partial charge in [0.05, 0.1) is 19.2 Å². The van der Waals surface area contributed by atoms with Gasteiger partial charge in [-0.15, -0.1) is 0 Å². The average molecular weight is 412 g/mol. The maximum absolute atomic E-state index is 12.7. The summed E-state index contributed by atoms with van der Waals surface area (Å²) >= 11 is 0. The third-order valence-corrected chi connectivity index (χ3v) is 4.99. The second-order valence-corrected chi connectivity index (χ2v) is 7.06. The summed E-state index contributed by atoms with van der Waals surface area (Å²) in [5.74, 6) is 0.315. The molecule has 0 radical (unpaired) electrons. The van der Waals surface area contributed by atoms with Gasteiger partial charge in [0.2, 0.25) is 0 Å². The second kappa shape index (κ2) is 10.7. The van der Waals surface area contributed by atoms with E-state index >= 15 is 0 Å². The minimum absolute atomic E-state index is 0.0113. The zero-order valence-corrected chi connectivity index (χ0v) is 17.6. The Morgan fingerprint density at radius 1 is 0.903 bits per heavy atom. The summed E-state index contributed by atoms with van der Waals surface area (Å²) in [4.78, 5) is 12.7. The molecule has 0 spiro atoms. The lowest BCUT2D eigenvalue weighted by Gasteiger charge is -2.19. The molecule has 0 aliphatic rings. The van der Waals surface area contributed by atoms with Crippen molar-refractivity contribution in [1.82, 2.24) is 10.6 Å². The molecule has 3 aromatic rings. The Kier molecular flexibility index (Phi) is 7.45. The number of nitrogens with zero attached hydrogens (tertiary/aromatic N) is 1. The molecule has 3 rings (SSSR count). The maximum Gasteiger partial charge on any atom is 0.263 e. The molecule has 5 nitrogen and oxygen atoms in total. The van der Waals surface area contributed by atoms with Crippen LogP contribution in [0.15, 0.2) is 96.7 Å². The average Bonchev–Trinajstić information content (AvgIpc) is 2.83. The molecule has 2 N–H and O–H groups in total. The van der Waals surface area contributed by atoms with Gasteiger partial charge in [0.25, 0.3) is 5.91 Å². The predicted octanol–water partition coefficient (Wildman–Crippen LogP) is 4.66. The molecule has 0 saturated carbocycles. The van der Waals surface area contributed by atoms with Crippen molar-refractivity contribution in [3.05, 3.63) is 113 Å². The third kappa shape index (κ3) is 5.74. The van der Waals surface area contributed by atoms with Gasteiger partial charge in [-0.1, -0.05) is 72.8 Å². The molecule has 5 heteroatoms. The van der Waals surface area contributed by atoms with Crippen LogP contribution in [0.5, 0.6) is 5.75 Å². The van der Waals surface area contributed by atoms with E-state index in [9.17, 15) is 10.1 Å². The van der Waals surface area contributed by atoms with E-state index in [1.807, 2.05) is 97.9 Å². The van der Waals surface area contributed by atoms with E-state index < -0.39 is 5.91 Å². The van der Waals surface area contributed by atoms with Crippen molar-refractivity contribution in [3.8, 4) is 11.8 Å². The number of nitrogens with one attached hydrogen (secondary N) is 2. The fraction of sp³-hybridized carbons (Fsp3) is 0.154. The number of ether oxygens (including phenoxy) is 1. The lowest BCUT2D eigenvalue weighted by molar-refractivity contribution is -0.117. The van der Waals surface area contributed by atoms with Crippen molar-refractivity contribution in [1.29, 1.82) is 5.26 Å². The topological polar surface area (TPSA) is 74.1 Å². The summed E-state index contributed by atoms with van der Waals surface area (Å²) in [6.45, 7) is 1.87. The van der Waals surface area contributed by atoms with Crippen LogP contribution in [0.3, 0.4) is 0 Å². The highest BCUT2D eigenvalue weighted by Crippen LogP contribution is 2.22. The number of nitriles is 1. The summed E-state index contributed by atoms with van der Waals surface area (Å²) in [6.07, 6.45) is 1.49. The lowest BCUT2D eigenvalue weighted by Crippen LogP contribution is -2.29. The van der Waals surface area contributed by atoms with Crippen LogP contribution in [0.25, 0.3) is 0 Å². The number of carbonyl (C=O) groups excluding carboxylic acids is 1. The van der Waals surface area contributed by atoms with Gasteiger partial charge in [-0.05, 0) is 35.7 Å². The molecule has 0 aliphatic heterocycles. The van der Waals surface area contributed by atoms with Crippen molar-refractivity contribution in [2.45, 2.75) is 19.0 Å². The lowest BCUT2D eigenvalue weighted by atomic mass is 9.99. The first-order valence-electron chi connectivity index (χ1n) is 10.0. The Bertz CT molecular complexity index is 1020. The second-order valence-electron chi connectivity index (χ2n) is 7.06. The van der Waals surface area contributed by atoms with Gasteiger partial charge in [0.15, 0.2) is 0 Å². The van der Waals surface area contributed by atoms with E-state index in [1.165, 1.54) is 6.20 Å². The Balaban J connectivity index is 1.75. The molecule has 1 unspecified atom stereocenters. The van der Waals surface area contributed by atoms with Crippen molar-refractivity contribution in [3.63, 3.8) is 0 Å². The summed E-state index contributed by atoms with van der Waals surface area (Å²) in [7, 11) is 1.61. The van der Waals surface area contributed by atoms with Crippen LogP contribution in [0, 0.1) is 11.3 Å². The van der Waals surface area contributed by atoms with E-state index in [0.717, 1.165) is 22.4 Å². The van der Waals surface area contributed by atoms with E-state index in [1.54, 1.807) is 7.11 Å². The smallest absolute Gasteiger partial charge is 0.263 e. The fourth-order valence-corrected chi connectivity index (χ4v) is 3.24. The van der Waals surface area contributed by atoms with Gasteiger partial charge in [-0.3, -0.25) is 4.79 Å². The molecular formula is C26H25N3O2. The first kappa shape index (κ1) is 21.7. The number of hydrogen-bond donors (Lipinski definition) is 2. The first-order chi connectivity index (χ1) is 15.1. The van der Waals surface area contributed by atoms with Crippen LogP contribution in [0.1, 0.15) is 35.7 Å². The Morgan fingerprint density at radius 2 is 1.45 bits per heavy atom. The van der Waals surface area contributed by atoms with Crippen molar-refractivity contribution in [2.24, 2.45) is 0 Å². The number of benzene rings is 3. The van der Waals surface area contributed by atoms with Gasteiger partial charge in [-0.25, -0.2) is 0 Å². The number of carbonyl (C=O) groups is 1. The van der Waals surface area contributed by atoms with Crippen LogP contribution >= 0.6 is 0 Å². The minimum Gasteiger partial charge on any atom is -0.497 e. The number of methoxy groups -OCH3 is 1. The van der Waals surface area contributed by atoms with E-state index in [-0.39, 0.29) is 17.7 Å². The summed E-state index contributed by atoms with van der Waals surface area (Å²) in [6, 6.07) is 28.8. The standard InChI is InChI=1S/C26H25N3O2/c1-19(20-13-15-24(31-2)16-14-20)29-26(30)23(17-27)18-28-25(21-9-5-3-6-10-21)22-11-7-4-8-12-22/h3-16,18-19,25,28H,1-2H3,(H,29,30)/b23-18-. The molecule has 0 aromatic heterocycles. The van der Waals surface area contributed by atoms with E-state index in [0.29, 0.717) is 0 Å². The van der Waals surface area contributed by atoms with Crippen LogP contribution in [0.2, 0.25) is 0 Å². The Labute approximate surface area is 183 Å². The van der Waals surface area contributed by atoms with Crippen molar-refractivity contribution < 1.29 is 9.53 Å². The number of rotatable bonds is 8. The van der Waals surface area contributed by atoms with Gasteiger partial charge in [0.1, 0.15) is 17.4 Å². The van der Waals surface area contributed by atoms with Gasteiger partial charge in [0, 0.05) is 6.20 Å². The highest BCUT2D eigenvalue weighted by molar-refractivity contribution is 5.97. The Hall–Kier alpha value is -4.04. The summed E-state index contributed by atoms with van der Waals surface area (Å²) in [5, 5.41) is 15.7. The normalized spacial score (nSPS) is 12.0. The van der Waals surface area contributed by atoms with Crippen molar-refractivity contribution >= 4 is 5.91 Å². The minimum atomic E-state index is -0.432. The summed E-state index contributed by atoms with van der Waals surface area (Å²) < 4.78 is 5.17. The van der Waals surface area contributed by atoms with E-state index in [4.69, 9.17) is 4.74 Å². The van der Waals surface area contributed by atoms with Crippen molar-refractivity contribution in [2.75, 3.05) is 7.11 Å². The zero-order valence-electron chi connectivity index (χ0n) is 17.6. The SMILES string of the molecule is COc1ccc(C(C)NC(=O)/C(C#N)=C\NC(c2ccccc2)c2ccccc2)cc1. The number of hydrogen-bond acceptors (Lipinski definition) is 4. The van der Waals surface area contributed by atoms with Gasteiger partial charge >= 0.3 is 0 Å². The molecule has 156 valence electrons. The quantitative estimate of drug-likeness (QED) is 0.418. The van der Waals surface area contributed by atoms with Crippen LogP contribution in [-0.2, 0) is 4.79 Å². The largest absolute Gasteiger partial charge is 0.497 e. The zero-order chi connectivity index (χ0) is 22.1. The molecule has 0 heterocycles. The summed E-state index contributed by atoms with van der Waals surface area (Å²) in [5.41, 5.74) is 3.01. The monoisotopic (exact) mass is 411 g/mol. The maximum atomic E-state index is 12.7. The highest BCUT2D eigenvalue weighted by Gasteiger charge is 2.16. The molecule has 3 aromatic carbocycles. The van der Waals surface area contributed by atoms with E-state index in [2.05, 4.69) is 10.6 Å². The third-order valence-electron chi connectivity index (χ3n) is 4.99. The number of amides is 1. The fourth-order valence-electron chi connectivity index (χ4n) is 3.24. The Morgan fingerprint density at radius 3 is 1.94 bits per heavy atom. The highest BCUT2D eigenvalue weighted by atomic mass is 16.5. The molecular weight excluding hydrogens is 386 g/mol. The molecule has 1 amide bonds. The van der Waals surface area contributed by atoms with Crippen LogP contribution in [0.4, 0.5) is 0 Å². The molecule has 0 fully saturated rings. The van der Waals surface area contributed by atoms with Crippen LogP contribution in [-0.4, -0.2) is 13.0 Å². The first-order valence-corrected chi connectivity index (χ1v) is 10.0. The van der Waals surface area contributed by atoms with Gasteiger partial charge < -0.3 is 15.4 Å². The molecule has 0 saturated heterocycles. The molecule has 0 aliphatic carbocycles. The molecule has 31 heavy (non-hydrogen) atoms. The van der Waals surface area contributed by atoms with Crippen LogP contribution < -0.4 is 15.4 Å². The molecule has 1 atom stereocenters.